The van der Waals surface area contributed by atoms with Gasteiger partial charge in [-0.2, -0.15) is 0 Å². The minimum Gasteiger partial charge on any atom is -0.493 e. The summed E-state index contributed by atoms with van der Waals surface area (Å²) in [5.41, 5.74) is 0.434. The second kappa shape index (κ2) is 7.27. The van der Waals surface area contributed by atoms with E-state index in [9.17, 15) is 14.4 Å². The van der Waals surface area contributed by atoms with Crippen LogP contribution >= 0.6 is 11.6 Å². The number of urea groups is 1. The van der Waals surface area contributed by atoms with Crippen molar-refractivity contribution >= 4 is 35.5 Å². The van der Waals surface area contributed by atoms with Gasteiger partial charge in [0.25, 0.3) is 11.8 Å². The highest BCUT2D eigenvalue weighted by molar-refractivity contribution is 6.32. The number of imide groups is 2. The maximum Gasteiger partial charge on any atom is 0.331 e. The fraction of sp³-hybridized carbons (Fsp3) is 0.389. The van der Waals surface area contributed by atoms with Gasteiger partial charge < -0.3 is 4.74 Å². The van der Waals surface area contributed by atoms with Gasteiger partial charge in [0.2, 0.25) is 0 Å². The molecule has 1 aliphatic heterocycles. The molecule has 4 amide bonds. The van der Waals surface area contributed by atoms with Gasteiger partial charge in [0, 0.05) is 16.6 Å². The first-order valence-corrected chi connectivity index (χ1v) is 8.72. The molecule has 2 fully saturated rings. The summed E-state index contributed by atoms with van der Waals surface area (Å²) in [5, 5.41) is 2.72. The Morgan fingerprint density at radius 3 is 2.68 bits per heavy atom. The average molecular weight is 363 g/mol. The lowest BCUT2D eigenvalue weighted by Gasteiger charge is -2.31. The third kappa shape index (κ3) is 3.54. The molecule has 0 unspecified atom stereocenters. The summed E-state index contributed by atoms with van der Waals surface area (Å²) >= 11 is 6.03. The van der Waals surface area contributed by atoms with Crippen molar-refractivity contribution in [3.8, 4) is 5.75 Å². The van der Waals surface area contributed by atoms with Gasteiger partial charge in [-0.15, -0.1) is 0 Å². The van der Waals surface area contributed by atoms with Crippen LogP contribution in [0.1, 0.15) is 38.2 Å². The molecule has 1 aliphatic carbocycles. The first kappa shape index (κ1) is 17.5. The summed E-state index contributed by atoms with van der Waals surface area (Å²) in [6.07, 6.45) is 4.90. The highest BCUT2D eigenvalue weighted by atomic mass is 35.5. The maximum absolute atomic E-state index is 12.8. The largest absolute Gasteiger partial charge is 0.493 e. The van der Waals surface area contributed by atoms with Crippen molar-refractivity contribution in [1.82, 2.24) is 10.2 Å². The summed E-state index contributed by atoms with van der Waals surface area (Å²) in [5.74, 6) is -0.751. The summed E-state index contributed by atoms with van der Waals surface area (Å²) in [4.78, 5) is 38.3. The molecule has 132 valence electrons. The van der Waals surface area contributed by atoms with Gasteiger partial charge in [-0.3, -0.25) is 19.8 Å². The number of benzene rings is 1. The molecule has 1 saturated heterocycles. The SMILES string of the molecule is CCOc1ccc(Cl)cc1/C=C1/C(=O)NC(=O)N(C2CCCC2)C1=O. The summed E-state index contributed by atoms with van der Waals surface area (Å²) in [7, 11) is 0. The summed E-state index contributed by atoms with van der Waals surface area (Å²) in [6, 6.07) is 4.18. The van der Waals surface area contributed by atoms with Gasteiger partial charge in [0.1, 0.15) is 11.3 Å². The molecule has 2 aliphatic rings. The first-order valence-electron chi connectivity index (χ1n) is 8.34. The van der Waals surface area contributed by atoms with Crippen LogP contribution < -0.4 is 10.1 Å². The van der Waals surface area contributed by atoms with Crippen LogP contribution in [0.15, 0.2) is 23.8 Å². The Kier molecular flexibility index (Phi) is 5.08. The lowest BCUT2D eigenvalue weighted by atomic mass is 10.0. The standard InChI is InChI=1S/C18H19ClN2O4/c1-2-25-15-8-7-12(19)9-11(15)10-14-16(22)20-18(24)21(17(14)23)13-5-3-4-6-13/h7-10,13H,2-6H2,1H3,(H,20,22,24)/b14-10-. The molecular weight excluding hydrogens is 344 g/mol. The molecule has 0 spiro atoms. The number of rotatable bonds is 4. The minimum absolute atomic E-state index is 0.0882. The van der Waals surface area contributed by atoms with Crippen molar-refractivity contribution in [2.75, 3.05) is 6.61 Å². The molecule has 0 bridgehead atoms. The van der Waals surface area contributed by atoms with Crippen LogP contribution in [0, 0.1) is 0 Å². The Balaban J connectivity index is 1.98. The van der Waals surface area contributed by atoms with Gasteiger partial charge in [0.05, 0.1) is 6.61 Å². The van der Waals surface area contributed by atoms with Crippen molar-refractivity contribution in [3.05, 3.63) is 34.4 Å². The molecule has 1 aromatic rings. The van der Waals surface area contributed by atoms with Crippen LogP contribution in [-0.2, 0) is 9.59 Å². The fourth-order valence-corrected chi connectivity index (χ4v) is 3.42. The van der Waals surface area contributed by atoms with E-state index >= 15 is 0 Å². The normalized spacial score (nSPS) is 20.3. The molecular formula is C18H19ClN2O4. The number of hydrogen-bond donors (Lipinski definition) is 1. The van der Waals surface area contributed by atoms with E-state index in [2.05, 4.69) is 5.32 Å². The van der Waals surface area contributed by atoms with E-state index in [4.69, 9.17) is 16.3 Å². The number of nitrogens with one attached hydrogen (secondary N) is 1. The van der Waals surface area contributed by atoms with E-state index in [1.54, 1.807) is 18.2 Å². The number of hydrogen-bond acceptors (Lipinski definition) is 4. The predicted molar refractivity (Wildman–Crippen MR) is 93.2 cm³/mol. The highest BCUT2D eigenvalue weighted by Crippen LogP contribution is 2.29. The molecule has 0 aromatic heterocycles. The van der Waals surface area contributed by atoms with Gasteiger partial charge in [0.15, 0.2) is 0 Å². The van der Waals surface area contributed by atoms with E-state index in [0.29, 0.717) is 22.9 Å². The van der Waals surface area contributed by atoms with Crippen LogP contribution in [0.4, 0.5) is 4.79 Å². The van der Waals surface area contributed by atoms with E-state index < -0.39 is 17.8 Å². The Morgan fingerprint density at radius 1 is 1.28 bits per heavy atom. The number of amides is 4. The molecule has 1 saturated carbocycles. The monoisotopic (exact) mass is 362 g/mol. The highest BCUT2D eigenvalue weighted by Gasteiger charge is 2.40. The Morgan fingerprint density at radius 2 is 2.00 bits per heavy atom. The number of carbonyl (C=O) groups excluding carboxylic acids is 3. The van der Waals surface area contributed by atoms with E-state index in [1.165, 1.54) is 11.0 Å². The third-order valence-corrected chi connectivity index (χ3v) is 4.63. The van der Waals surface area contributed by atoms with Crippen LogP contribution in [0.5, 0.6) is 5.75 Å². The number of carbonyl (C=O) groups is 3. The minimum atomic E-state index is -0.702. The Bertz CT molecular complexity index is 753. The van der Waals surface area contributed by atoms with Crippen LogP contribution in [0.25, 0.3) is 6.08 Å². The molecule has 1 N–H and O–H groups in total. The Labute approximate surface area is 150 Å². The van der Waals surface area contributed by atoms with Crippen molar-refractivity contribution in [1.29, 1.82) is 0 Å². The van der Waals surface area contributed by atoms with Crippen molar-refractivity contribution < 1.29 is 19.1 Å². The summed E-state index contributed by atoms with van der Waals surface area (Å²) in [6.45, 7) is 2.27. The second-order valence-corrected chi connectivity index (χ2v) is 6.48. The second-order valence-electron chi connectivity index (χ2n) is 6.05. The van der Waals surface area contributed by atoms with E-state index in [1.807, 2.05) is 6.92 Å². The molecule has 7 heteroatoms. The lowest BCUT2D eigenvalue weighted by Crippen LogP contribution is -2.57. The van der Waals surface area contributed by atoms with Crippen molar-refractivity contribution in [2.24, 2.45) is 0 Å². The van der Waals surface area contributed by atoms with Crippen LogP contribution in [-0.4, -0.2) is 35.4 Å². The van der Waals surface area contributed by atoms with Crippen LogP contribution in [0.2, 0.25) is 5.02 Å². The van der Waals surface area contributed by atoms with Crippen molar-refractivity contribution in [2.45, 2.75) is 38.6 Å². The van der Waals surface area contributed by atoms with E-state index in [-0.39, 0.29) is 11.6 Å². The van der Waals surface area contributed by atoms with Crippen LogP contribution in [0.3, 0.4) is 0 Å². The average Bonchev–Trinajstić information content (AvgIpc) is 3.08. The molecule has 0 atom stereocenters. The lowest BCUT2D eigenvalue weighted by molar-refractivity contribution is -0.131. The fourth-order valence-electron chi connectivity index (χ4n) is 3.24. The topological polar surface area (TPSA) is 75.7 Å². The number of halogens is 1. The maximum atomic E-state index is 12.8. The van der Waals surface area contributed by atoms with Gasteiger partial charge in [-0.05, 0) is 44.0 Å². The zero-order chi connectivity index (χ0) is 18.0. The number of nitrogens with zero attached hydrogens (tertiary/aromatic N) is 1. The molecule has 1 aromatic carbocycles. The van der Waals surface area contributed by atoms with Gasteiger partial charge in [-0.25, -0.2) is 4.79 Å². The Hall–Kier alpha value is -2.34. The number of ether oxygens (including phenoxy) is 1. The molecule has 25 heavy (non-hydrogen) atoms. The zero-order valence-corrected chi connectivity index (χ0v) is 14.6. The molecule has 0 radical (unpaired) electrons. The zero-order valence-electron chi connectivity index (χ0n) is 13.9. The first-order chi connectivity index (χ1) is 12.0. The molecule has 1 heterocycles. The summed E-state index contributed by atoms with van der Waals surface area (Å²) < 4.78 is 5.52. The predicted octanol–water partition coefficient (Wildman–Crippen LogP) is 3.14. The molecule has 6 nitrogen and oxygen atoms in total. The quantitative estimate of drug-likeness (QED) is 0.659. The smallest absolute Gasteiger partial charge is 0.331 e. The van der Waals surface area contributed by atoms with Crippen molar-refractivity contribution in [3.63, 3.8) is 0 Å². The van der Waals surface area contributed by atoms with E-state index in [0.717, 1.165) is 25.7 Å². The molecule has 3 rings (SSSR count). The van der Waals surface area contributed by atoms with Gasteiger partial charge >= 0.3 is 6.03 Å². The third-order valence-electron chi connectivity index (χ3n) is 4.39. The van der Waals surface area contributed by atoms with Gasteiger partial charge in [-0.1, -0.05) is 24.4 Å². The number of barbiturate groups is 1.